The van der Waals surface area contributed by atoms with Crippen LogP contribution in [0.4, 0.5) is 5.69 Å². The van der Waals surface area contributed by atoms with E-state index in [1.165, 1.54) is 16.5 Å². The highest BCUT2D eigenvalue weighted by Gasteiger charge is 2.09. The van der Waals surface area contributed by atoms with Gasteiger partial charge in [0.1, 0.15) is 0 Å². The summed E-state index contributed by atoms with van der Waals surface area (Å²) in [5.41, 5.74) is 7.73. The number of nitrogens with zero attached hydrogens (tertiary/aromatic N) is 3. The van der Waals surface area contributed by atoms with Gasteiger partial charge in [-0.25, -0.2) is 4.98 Å². The number of aromatic nitrogens is 2. The van der Waals surface area contributed by atoms with E-state index in [0.717, 1.165) is 58.1 Å². The number of likely N-dealkylation sites (N-methyl/N-ethyl adjacent to an activating group) is 1. The van der Waals surface area contributed by atoms with Crippen LogP contribution in [0.25, 0.3) is 34.0 Å². The molecule has 0 amide bonds. The molecule has 0 bridgehead atoms. The number of anilines is 1. The number of nitrogens with one attached hydrogen (secondary N) is 1. The number of benzene rings is 3. The number of hydrogen-bond donors (Lipinski definition) is 1. The molecule has 182 valence electrons. The second-order valence-corrected chi connectivity index (χ2v) is 9.91. The first-order chi connectivity index (χ1) is 17.5. The Bertz CT molecular complexity index is 1550. The van der Waals surface area contributed by atoms with Crippen molar-refractivity contribution >= 4 is 51.2 Å². The monoisotopic (exact) mass is 494 g/mol. The number of rotatable bonds is 8. The fourth-order valence-corrected chi connectivity index (χ4v) is 4.73. The van der Waals surface area contributed by atoms with E-state index in [1.807, 2.05) is 18.2 Å². The molecule has 4 nitrogen and oxygen atoms in total. The smallest absolute Gasteiger partial charge is 0.0730 e. The second-order valence-electron chi connectivity index (χ2n) is 9.50. The maximum absolute atomic E-state index is 6.45. The Morgan fingerprint density at radius 3 is 2.58 bits per heavy atom. The van der Waals surface area contributed by atoms with Gasteiger partial charge < -0.3 is 14.8 Å². The van der Waals surface area contributed by atoms with Crippen LogP contribution in [-0.4, -0.2) is 41.6 Å². The van der Waals surface area contributed by atoms with Crippen molar-refractivity contribution in [2.24, 2.45) is 0 Å². The van der Waals surface area contributed by atoms with Crippen molar-refractivity contribution in [2.75, 3.05) is 32.5 Å². The summed E-state index contributed by atoms with van der Waals surface area (Å²) in [5, 5.41) is 6.77. The highest BCUT2D eigenvalue weighted by atomic mass is 35.5. The summed E-state index contributed by atoms with van der Waals surface area (Å²) in [5.74, 6) is 0. The molecule has 0 aliphatic heterocycles. The van der Waals surface area contributed by atoms with Crippen LogP contribution in [0.5, 0.6) is 0 Å². The molecule has 5 rings (SSSR count). The van der Waals surface area contributed by atoms with Gasteiger partial charge in [0.05, 0.1) is 11.2 Å². The number of fused-ring (bicyclic) bond motifs is 2. The van der Waals surface area contributed by atoms with Gasteiger partial charge in [0.2, 0.25) is 0 Å². The van der Waals surface area contributed by atoms with Gasteiger partial charge in [0.25, 0.3) is 0 Å². The largest absolute Gasteiger partial charge is 0.383 e. The molecule has 3 aromatic carbocycles. The van der Waals surface area contributed by atoms with E-state index < -0.39 is 0 Å². The fourth-order valence-electron chi connectivity index (χ4n) is 4.53. The van der Waals surface area contributed by atoms with Crippen LogP contribution in [0.1, 0.15) is 22.4 Å². The number of aryl methyl sites for hydroxylation is 1. The molecule has 0 fully saturated rings. The van der Waals surface area contributed by atoms with E-state index >= 15 is 0 Å². The predicted molar refractivity (Wildman–Crippen MR) is 155 cm³/mol. The fraction of sp³-hybridized carbons (Fsp3) is 0.194. The molecule has 5 aromatic rings. The van der Waals surface area contributed by atoms with E-state index in [4.69, 9.17) is 16.6 Å². The second kappa shape index (κ2) is 10.6. The molecule has 0 aliphatic carbocycles. The van der Waals surface area contributed by atoms with Crippen LogP contribution in [0, 0.1) is 6.92 Å². The summed E-state index contributed by atoms with van der Waals surface area (Å²) in [6.07, 6.45) is 6.47. The van der Waals surface area contributed by atoms with Gasteiger partial charge in [-0.15, -0.1) is 0 Å². The molecule has 1 N–H and O–H groups in total. The van der Waals surface area contributed by atoms with Gasteiger partial charge in [-0.3, -0.25) is 0 Å². The van der Waals surface area contributed by atoms with E-state index in [9.17, 15) is 0 Å². The zero-order chi connectivity index (χ0) is 25.1. The summed E-state index contributed by atoms with van der Waals surface area (Å²) in [6.45, 7) is 4.68. The lowest BCUT2D eigenvalue weighted by Crippen LogP contribution is -2.20. The third-order valence-corrected chi connectivity index (χ3v) is 6.78. The van der Waals surface area contributed by atoms with E-state index in [2.05, 4.69) is 109 Å². The van der Waals surface area contributed by atoms with E-state index in [1.54, 1.807) is 0 Å². The third-order valence-electron chi connectivity index (χ3n) is 6.41. The Kier molecular flexibility index (Phi) is 7.08. The quantitative estimate of drug-likeness (QED) is 0.245. The van der Waals surface area contributed by atoms with Gasteiger partial charge in [0.15, 0.2) is 0 Å². The standard InChI is InChI=1S/C31H31ClN4/c1-22-12-15-29-27(18-22)30(33-16-17-35(2)3)19-25(34-29)14-13-23-20-36(31-11-7-5-9-26(23)31)21-24-8-4-6-10-28(24)32/h4-15,18-20H,16-17,21H2,1-3H3,(H,33,34). The van der Waals surface area contributed by atoms with Crippen molar-refractivity contribution in [1.29, 1.82) is 0 Å². The number of para-hydroxylation sites is 1. The van der Waals surface area contributed by atoms with Gasteiger partial charge in [-0.05, 0) is 63.0 Å². The molecular weight excluding hydrogens is 464 g/mol. The van der Waals surface area contributed by atoms with Crippen LogP contribution in [0.3, 0.4) is 0 Å². The molecule has 2 heterocycles. The summed E-state index contributed by atoms with van der Waals surface area (Å²) < 4.78 is 2.26. The average molecular weight is 495 g/mol. The SMILES string of the molecule is Cc1ccc2nc(C=Cc3cn(Cc4ccccc4Cl)c4ccccc34)cc(NCCN(C)C)c2c1. The van der Waals surface area contributed by atoms with E-state index in [0.29, 0.717) is 0 Å². The number of pyridine rings is 1. The molecule has 0 atom stereocenters. The summed E-state index contributed by atoms with van der Waals surface area (Å²) in [4.78, 5) is 7.12. The van der Waals surface area contributed by atoms with Crippen LogP contribution in [0.15, 0.2) is 79.0 Å². The summed E-state index contributed by atoms with van der Waals surface area (Å²) in [7, 11) is 4.18. The van der Waals surface area contributed by atoms with Crippen molar-refractivity contribution in [3.05, 3.63) is 106 Å². The van der Waals surface area contributed by atoms with Crippen LogP contribution < -0.4 is 5.32 Å². The average Bonchev–Trinajstić information content (AvgIpc) is 3.21. The van der Waals surface area contributed by atoms with E-state index in [-0.39, 0.29) is 0 Å². The predicted octanol–water partition coefficient (Wildman–Crippen LogP) is 7.34. The molecule has 0 saturated heterocycles. The normalized spacial score (nSPS) is 11.8. The lowest BCUT2D eigenvalue weighted by molar-refractivity contribution is 0.425. The number of halogens is 1. The van der Waals surface area contributed by atoms with Crippen molar-refractivity contribution in [1.82, 2.24) is 14.5 Å². The molecule has 5 heteroatoms. The molecule has 0 unspecified atom stereocenters. The zero-order valence-electron chi connectivity index (χ0n) is 21.0. The maximum atomic E-state index is 6.45. The third kappa shape index (κ3) is 5.30. The first-order valence-corrected chi connectivity index (χ1v) is 12.6. The molecule has 0 radical (unpaired) electrons. The van der Waals surface area contributed by atoms with Gasteiger partial charge in [-0.1, -0.05) is 65.7 Å². The van der Waals surface area contributed by atoms with Gasteiger partial charge in [-0.2, -0.15) is 0 Å². The van der Waals surface area contributed by atoms with Crippen molar-refractivity contribution < 1.29 is 0 Å². The summed E-state index contributed by atoms with van der Waals surface area (Å²) >= 11 is 6.45. The van der Waals surface area contributed by atoms with Crippen molar-refractivity contribution in [3.63, 3.8) is 0 Å². The minimum absolute atomic E-state index is 0.724. The Morgan fingerprint density at radius 2 is 1.75 bits per heavy atom. The van der Waals surface area contributed by atoms with Crippen molar-refractivity contribution in [2.45, 2.75) is 13.5 Å². The molecule has 0 saturated carbocycles. The maximum Gasteiger partial charge on any atom is 0.0730 e. The van der Waals surface area contributed by atoms with Crippen LogP contribution in [0.2, 0.25) is 5.02 Å². The minimum atomic E-state index is 0.724. The van der Waals surface area contributed by atoms with Crippen molar-refractivity contribution in [3.8, 4) is 0 Å². The highest BCUT2D eigenvalue weighted by molar-refractivity contribution is 6.31. The highest BCUT2D eigenvalue weighted by Crippen LogP contribution is 2.28. The minimum Gasteiger partial charge on any atom is -0.383 e. The van der Waals surface area contributed by atoms with Gasteiger partial charge >= 0.3 is 0 Å². The summed E-state index contributed by atoms with van der Waals surface area (Å²) in [6, 6.07) is 25.1. The topological polar surface area (TPSA) is 33.1 Å². The zero-order valence-corrected chi connectivity index (χ0v) is 21.8. The molecule has 36 heavy (non-hydrogen) atoms. The number of hydrogen-bond acceptors (Lipinski definition) is 3. The Morgan fingerprint density at radius 1 is 0.944 bits per heavy atom. The molecule has 2 aromatic heterocycles. The van der Waals surface area contributed by atoms with Gasteiger partial charge in [0, 0.05) is 58.4 Å². The Hall–Kier alpha value is -3.60. The first-order valence-electron chi connectivity index (χ1n) is 12.3. The first kappa shape index (κ1) is 24.1. The molecule has 0 spiro atoms. The molecule has 0 aliphatic rings. The van der Waals surface area contributed by atoms with Crippen LogP contribution in [-0.2, 0) is 6.54 Å². The van der Waals surface area contributed by atoms with Crippen LogP contribution >= 0.6 is 11.6 Å². The Balaban J connectivity index is 1.50. The lowest BCUT2D eigenvalue weighted by Gasteiger charge is -2.14. The lowest BCUT2D eigenvalue weighted by atomic mass is 10.1. The Labute approximate surface area is 217 Å². The molecular formula is C31H31ClN4.